The molecule has 26 heavy (non-hydrogen) atoms. The number of anilines is 1. The van der Waals surface area contributed by atoms with Crippen molar-refractivity contribution in [1.82, 2.24) is 15.1 Å². The van der Waals surface area contributed by atoms with Crippen LogP contribution in [0.3, 0.4) is 0 Å². The van der Waals surface area contributed by atoms with Gasteiger partial charge in [-0.05, 0) is 51.0 Å². The van der Waals surface area contributed by atoms with E-state index in [0.29, 0.717) is 17.7 Å². The minimum absolute atomic E-state index is 0.143. The van der Waals surface area contributed by atoms with E-state index < -0.39 is 10.0 Å². The highest BCUT2D eigenvalue weighted by atomic mass is 32.2. The fourth-order valence-corrected chi connectivity index (χ4v) is 4.81. The van der Waals surface area contributed by atoms with E-state index in [1.54, 1.807) is 29.1 Å². The van der Waals surface area contributed by atoms with Crippen LogP contribution in [-0.4, -0.2) is 36.4 Å². The second kappa shape index (κ2) is 6.42. The lowest BCUT2D eigenvalue weighted by atomic mass is 10.1. The molecule has 0 saturated carbocycles. The van der Waals surface area contributed by atoms with E-state index in [1.165, 1.54) is 10.6 Å². The zero-order valence-electron chi connectivity index (χ0n) is 15.6. The second-order valence-corrected chi connectivity index (χ2v) is 8.82. The van der Waals surface area contributed by atoms with Gasteiger partial charge in [0.15, 0.2) is 0 Å². The van der Waals surface area contributed by atoms with Crippen LogP contribution in [0.15, 0.2) is 24.4 Å². The Labute approximate surface area is 154 Å². The minimum atomic E-state index is -3.33. The van der Waals surface area contributed by atoms with Crippen molar-refractivity contribution in [3.8, 4) is 0 Å². The Kier molecular flexibility index (Phi) is 4.56. The van der Waals surface area contributed by atoms with Crippen LogP contribution in [0, 0.1) is 6.92 Å². The Balaban J connectivity index is 1.82. The van der Waals surface area contributed by atoms with Gasteiger partial charge in [-0.1, -0.05) is 0 Å². The molecule has 0 bridgehead atoms. The molecule has 1 aromatic carbocycles. The number of amides is 1. The lowest BCUT2D eigenvalue weighted by molar-refractivity contribution is 0.0939. The van der Waals surface area contributed by atoms with Crippen molar-refractivity contribution >= 4 is 21.6 Å². The number of nitrogens with zero attached hydrogens (tertiary/aromatic N) is 3. The average Bonchev–Trinajstić information content (AvgIpc) is 3.05. The SMILES string of the molecule is Cc1c([C@@H](C)NC(=O)c2ccc3c(c2)C[C@H](C)N3S(C)(=O)=O)cnn1C. The first-order valence-electron chi connectivity index (χ1n) is 8.51. The molecule has 0 spiro atoms. The van der Waals surface area contributed by atoms with E-state index in [-0.39, 0.29) is 18.0 Å². The maximum atomic E-state index is 12.6. The van der Waals surface area contributed by atoms with Crippen LogP contribution >= 0.6 is 0 Å². The van der Waals surface area contributed by atoms with Crippen LogP contribution in [0.2, 0.25) is 0 Å². The molecule has 0 fully saturated rings. The fraction of sp³-hybridized carbons (Fsp3) is 0.444. The van der Waals surface area contributed by atoms with Crippen molar-refractivity contribution in [2.75, 3.05) is 10.6 Å². The molecule has 2 heterocycles. The highest BCUT2D eigenvalue weighted by molar-refractivity contribution is 7.92. The summed E-state index contributed by atoms with van der Waals surface area (Å²) >= 11 is 0. The number of sulfonamides is 1. The van der Waals surface area contributed by atoms with Gasteiger partial charge in [-0.15, -0.1) is 0 Å². The van der Waals surface area contributed by atoms with Gasteiger partial charge in [0.05, 0.1) is 24.2 Å². The van der Waals surface area contributed by atoms with Gasteiger partial charge in [0, 0.05) is 29.9 Å². The fourth-order valence-electron chi connectivity index (χ4n) is 3.55. The smallest absolute Gasteiger partial charge is 0.251 e. The molecule has 0 aliphatic carbocycles. The normalized spacial score (nSPS) is 17.9. The van der Waals surface area contributed by atoms with Crippen LogP contribution in [0.4, 0.5) is 5.69 Å². The van der Waals surface area contributed by atoms with Gasteiger partial charge in [-0.2, -0.15) is 5.10 Å². The first-order valence-corrected chi connectivity index (χ1v) is 10.4. The zero-order valence-corrected chi connectivity index (χ0v) is 16.5. The van der Waals surface area contributed by atoms with Crippen LogP contribution in [0.5, 0.6) is 0 Å². The number of rotatable bonds is 4. The van der Waals surface area contributed by atoms with Gasteiger partial charge in [0.2, 0.25) is 10.0 Å². The monoisotopic (exact) mass is 376 g/mol. The molecule has 2 aromatic rings. The Morgan fingerprint density at radius 1 is 1.38 bits per heavy atom. The molecule has 2 atom stereocenters. The molecule has 140 valence electrons. The number of fused-ring (bicyclic) bond motifs is 1. The largest absolute Gasteiger partial charge is 0.345 e. The van der Waals surface area contributed by atoms with E-state index in [4.69, 9.17) is 0 Å². The maximum absolute atomic E-state index is 12.6. The van der Waals surface area contributed by atoms with Crippen LogP contribution < -0.4 is 9.62 Å². The third kappa shape index (κ3) is 3.21. The van der Waals surface area contributed by atoms with Gasteiger partial charge in [-0.3, -0.25) is 13.8 Å². The Morgan fingerprint density at radius 2 is 2.08 bits per heavy atom. The minimum Gasteiger partial charge on any atom is -0.345 e. The molecule has 7 nitrogen and oxygen atoms in total. The summed E-state index contributed by atoms with van der Waals surface area (Å²) in [5, 5.41) is 7.19. The van der Waals surface area contributed by atoms with Crippen molar-refractivity contribution in [3.63, 3.8) is 0 Å². The number of nitrogens with one attached hydrogen (secondary N) is 1. The second-order valence-electron chi connectivity index (χ2n) is 6.96. The molecular formula is C18H24N4O3S. The van der Waals surface area contributed by atoms with Crippen molar-refractivity contribution in [1.29, 1.82) is 0 Å². The number of benzene rings is 1. The van der Waals surface area contributed by atoms with Crippen LogP contribution in [-0.2, 0) is 23.5 Å². The Morgan fingerprint density at radius 3 is 2.65 bits per heavy atom. The van der Waals surface area contributed by atoms with Gasteiger partial charge in [0.1, 0.15) is 0 Å². The number of aryl methyl sites for hydroxylation is 1. The quantitative estimate of drug-likeness (QED) is 0.884. The van der Waals surface area contributed by atoms with Crippen molar-refractivity contribution in [2.45, 2.75) is 39.3 Å². The summed E-state index contributed by atoms with van der Waals surface area (Å²) in [5.41, 5.74) is 4.04. The predicted molar refractivity (Wildman–Crippen MR) is 101 cm³/mol. The topological polar surface area (TPSA) is 84.3 Å². The summed E-state index contributed by atoms with van der Waals surface area (Å²) in [6.07, 6.45) is 3.56. The molecule has 1 aliphatic rings. The Hall–Kier alpha value is -2.35. The molecule has 1 N–H and O–H groups in total. The zero-order chi connectivity index (χ0) is 19.2. The van der Waals surface area contributed by atoms with Crippen molar-refractivity contribution in [3.05, 3.63) is 46.8 Å². The summed E-state index contributed by atoms with van der Waals surface area (Å²) < 4.78 is 27.2. The number of hydrogen-bond acceptors (Lipinski definition) is 4. The first-order chi connectivity index (χ1) is 12.1. The van der Waals surface area contributed by atoms with E-state index in [9.17, 15) is 13.2 Å². The molecule has 0 radical (unpaired) electrons. The molecule has 1 aromatic heterocycles. The van der Waals surface area contributed by atoms with Crippen molar-refractivity contribution < 1.29 is 13.2 Å². The standard InChI is InChI=1S/C18H24N4O3S/c1-11-8-15-9-14(6-7-17(15)22(11)26(5,24)25)18(23)20-12(2)16-10-19-21(4)13(16)3/h6-7,9-12H,8H2,1-5H3,(H,20,23)/t11-,12+/m0/s1. The van der Waals surface area contributed by atoms with Crippen LogP contribution in [0.25, 0.3) is 0 Å². The predicted octanol–water partition coefficient (Wildman–Crippen LogP) is 1.93. The van der Waals surface area contributed by atoms with Crippen LogP contribution in [0.1, 0.15) is 47.1 Å². The lowest BCUT2D eigenvalue weighted by Gasteiger charge is -2.22. The highest BCUT2D eigenvalue weighted by Gasteiger charge is 2.32. The van der Waals surface area contributed by atoms with Crippen molar-refractivity contribution in [2.24, 2.45) is 7.05 Å². The number of carbonyl (C=O) groups is 1. The summed E-state index contributed by atoms with van der Waals surface area (Å²) in [6, 6.07) is 4.86. The summed E-state index contributed by atoms with van der Waals surface area (Å²) in [4.78, 5) is 12.6. The summed E-state index contributed by atoms with van der Waals surface area (Å²) in [5.74, 6) is -0.186. The average molecular weight is 376 g/mol. The van der Waals surface area contributed by atoms with E-state index in [0.717, 1.165) is 16.8 Å². The van der Waals surface area contributed by atoms with Gasteiger partial charge < -0.3 is 5.32 Å². The number of carbonyl (C=O) groups excluding carboxylic acids is 1. The van der Waals surface area contributed by atoms with Gasteiger partial charge >= 0.3 is 0 Å². The molecular weight excluding hydrogens is 352 g/mol. The van der Waals surface area contributed by atoms with Gasteiger partial charge in [-0.25, -0.2) is 8.42 Å². The first kappa shape index (κ1) is 18.4. The molecule has 0 saturated heterocycles. The highest BCUT2D eigenvalue weighted by Crippen LogP contribution is 2.34. The third-order valence-electron chi connectivity index (χ3n) is 4.94. The van der Waals surface area contributed by atoms with Gasteiger partial charge in [0.25, 0.3) is 5.91 Å². The van der Waals surface area contributed by atoms with E-state index >= 15 is 0 Å². The number of aromatic nitrogens is 2. The summed E-state index contributed by atoms with van der Waals surface area (Å²) in [7, 11) is -1.47. The molecule has 0 unspecified atom stereocenters. The third-order valence-corrected chi connectivity index (χ3v) is 6.21. The molecule has 1 amide bonds. The lowest BCUT2D eigenvalue weighted by Crippen LogP contribution is -2.34. The molecule has 3 rings (SSSR count). The van der Waals surface area contributed by atoms with E-state index in [1.807, 2.05) is 27.8 Å². The maximum Gasteiger partial charge on any atom is 0.251 e. The Bertz CT molecular complexity index is 965. The van der Waals surface area contributed by atoms with E-state index in [2.05, 4.69) is 10.4 Å². The molecule has 1 aliphatic heterocycles. The molecule has 8 heteroatoms. The summed E-state index contributed by atoms with van der Waals surface area (Å²) in [6.45, 7) is 5.75. The number of hydrogen-bond donors (Lipinski definition) is 1.